The SMILES string of the molecule is CCc1noc(CCCC(=O)N2CCC(NC(=O)OC(C)(C)C)CC2)n1. The Morgan fingerprint density at radius 1 is 1.31 bits per heavy atom. The van der Waals surface area contributed by atoms with Crippen LogP contribution in [0.4, 0.5) is 4.79 Å². The molecule has 1 N–H and O–H groups in total. The van der Waals surface area contributed by atoms with E-state index in [9.17, 15) is 9.59 Å². The fourth-order valence-electron chi connectivity index (χ4n) is 2.83. The lowest BCUT2D eigenvalue weighted by molar-refractivity contribution is -0.132. The van der Waals surface area contributed by atoms with Crippen LogP contribution in [0.3, 0.4) is 0 Å². The van der Waals surface area contributed by atoms with E-state index in [2.05, 4.69) is 15.5 Å². The Balaban J connectivity index is 1.65. The summed E-state index contributed by atoms with van der Waals surface area (Å²) in [6.45, 7) is 8.79. The number of aryl methyl sites for hydroxylation is 2. The molecule has 0 radical (unpaired) electrons. The Bertz CT molecular complexity index is 601. The molecule has 1 saturated heterocycles. The van der Waals surface area contributed by atoms with Crippen LogP contribution < -0.4 is 5.32 Å². The van der Waals surface area contributed by atoms with Crippen LogP contribution in [0.5, 0.6) is 0 Å². The molecule has 1 aliphatic heterocycles. The molecule has 1 aromatic heterocycles. The first-order valence-corrected chi connectivity index (χ1v) is 9.35. The summed E-state index contributed by atoms with van der Waals surface area (Å²) in [6.07, 6.45) is 3.62. The molecule has 0 saturated carbocycles. The van der Waals surface area contributed by atoms with E-state index < -0.39 is 11.7 Å². The number of nitrogens with zero attached hydrogens (tertiary/aromatic N) is 3. The number of likely N-dealkylation sites (tertiary alicyclic amines) is 1. The van der Waals surface area contributed by atoms with Crippen molar-refractivity contribution in [2.45, 2.75) is 77.9 Å². The number of hydrogen-bond acceptors (Lipinski definition) is 6. The number of aromatic nitrogens is 2. The second-order valence-corrected chi connectivity index (χ2v) is 7.61. The topological polar surface area (TPSA) is 97.6 Å². The van der Waals surface area contributed by atoms with Gasteiger partial charge in [-0.05, 0) is 40.0 Å². The van der Waals surface area contributed by atoms with Crippen molar-refractivity contribution < 1.29 is 18.8 Å². The Morgan fingerprint density at radius 2 is 2.00 bits per heavy atom. The monoisotopic (exact) mass is 366 g/mol. The molecule has 146 valence electrons. The lowest BCUT2D eigenvalue weighted by atomic mass is 10.0. The number of rotatable bonds is 6. The maximum atomic E-state index is 12.3. The molecule has 1 aliphatic rings. The molecular weight excluding hydrogens is 336 g/mol. The first-order chi connectivity index (χ1) is 12.3. The number of carbonyl (C=O) groups is 2. The molecule has 0 aliphatic carbocycles. The van der Waals surface area contributed by atoms with Gasteiger partial charge >= 0.3 is 6.09 Å². The second-order valence-electron chi connectivity index (χ2n) is 7.61. The number of piperidine rings is 1. The van der Waals surface area contributed by atoms with Gasteiger partial charge in [0.25, 0.3) is 0 Å². The van der Waals surface area contributed by atoms with Crippen LogP contribution in [-0.2, 0) is 22.4 Å². The van der Waals surface area contributed by atoms with Crippen molar-refractivity contribution in [3.8, 4) is 0 Å². The van der Waals surface area contributed by atoms with E-state index in [1.54, 1.807) is 0 Å². The smallest absolute Gasteiger partial charge is 0.407 e. The molecule has 0 atom stereocenters. The number of alkyl carbamates (subject to hydrolysis) is 1. The zero-order valence-corrected chi connectivity index (χ0v) is 16.2. The highest BCUT2D eigenvalue weighted by Gasteiger charge is 2.25. The quantitative estimate of drug-likeness (QED) is 0.830. The van der Waals surface area contributed by atoms with Gasteiger partial charge in [-0.2, -0.15) is 4.98 Å². The van der Waals surface area contributed by atoms with Crippen molar-refractivity contribution in [1.29, 1.82) is 0 Å². The lowest BCUT2D eigenvalue weighted by Crippen LogP contribution is -2.47. The molecule has 1 fully saturated rings. The molecule has 1 aromatic rings. The van der Waals surface area contributed by atoms with Crippen molar-refractivity contribution >= 4 is 12.0 Å². The average molecular weight is 366 g/mol. The van der Waals surface area contributed by atoms with Gasteiger partial charge in [-0.1, -0.05) is 12.1 Å². The van der Waals surface area contributed by atoms with Crippen molar-refractivity contribution in [1.82, 2.24) is 20.4 Å². The molecular formula is C18H30N4O4. The molecule has 2 heterocycles. The maximum absolute atomic E-state index is 12.3. The highest BCUT2D eigenvalue weighted by molar-refractivity contribution is 5.76. The van der Waals surface area contributed by atoms with E-state index in [-0.39, 0.29) is 11.9 Å². The van der Waals surface area contributed by atoms with E-state index in [1.807, 2.05) is 32.6 Å². The van der Waals surface area contributed by atoms with Gasteiger partial charge < -0.3 is 19.5 Å². The summed E-state index contributed by atoms with van der Waals surface area (Å²) in [7, 11) is 0. The molecule has 26 heavy (non-hydrogen) atoms. The molecule has 2 amide bonds. The first kappa shape index (κ1) is 20.2. The highest BCUT2D eigenvalue weighted by Crippen LogP contribution is 2.14. The highest BCUT2D eigenvalue weighted by atomic mass is 16.6. The molecule has 8 nitrogen and oxygen atoms in total. The van der Waals surface area contributed by atoms with Crippen molar-refractivity contribution in [3.05, 3.63) is 11.7 Å². The Hall–Kier alpha value is -2.12. The number of amides is 2. The summed E-state index contributed by atoms with van der Waals surface area (Å²) in [6, 6.07) is 0.0553. The fourth-order valence-corrected chi connectivity index (χ4v) is 2.83. The van der Waals surface area contributed by atoms with Gasteiger partial charge in [-0.25, -0.2) is 4.79 Å². The first-order valence-electron chi connectivity index (χ1n) is 9.35. The molecule has 8 heteroatoms. The van der Waals surface area contributed by atoms with Gasteiger partial charge in [-0.3, -0.25) is 4.79 Å². The molecule has 0 unspecified atom stereocenters. The van der Waals surface area contributed by atoms with E-state index in [1.165, 1.54) is 0 Å². The molecule has 2 rings (SSSR count). The number of ether oxygens (including phenoxy) is 1. The normalized spacial score (nSPS) is 15.8. The summed E-state index contributed by atoms with van der Waals surface area (Å²) in [5, 5.41) is 6.73. The van der Waals surface area contributed by atoms with Crippen LogP contribution in [-0.4, -0.2) is 51.8 Å². The van der Waals surface area contributed by atoms with Gasteiger partial charge in [0, 0.05) is 38.4 Å². The van der Waals surface area contributed by atoms with E-state index >= 15 is 0 Å². The van der Waals surface area contributed by atoms with Crippen LogP contribution in [0, 0.1) is 0 Å². The summed E-state index contributed by atoms with van der Waals surface area (Å²) >= 11 is 0. The predicted octanol–water partition coefficient (Wildman–Crippen LogP) is 2.47. The summed E-state index contributed by atoms with van der Waals surface area (Å²) < 4.78 is 10.4. The number of nitrogens with one attached hydrogen (secondary N) is 1. The summed E-state index contributed by atoms with van der Waals surface area (Å²) in [4.78, 5) is 30.2. The Morgan fingerprint density at radius 3 is 2.58 bits per heavy atom. The minimum absolute atomic E-state index is 0.0553. The van der Waals surface area contributed by atoms with Crippen molar-refractivity contribution in [2.24, 2.45) is 0 Å². The van der Waals surface area contributed by atoms with Crippen LogP contribution >= 0.6 is 0 Å². The van der Waals surface area contributed by atoms with Gasteiger partial charge in [-0.15, -0.1) is 0 Å². The van der Waals surface area contributed by atoms with Gasteiger partial charge in [0.2, 0.25) is 11.8 Å². The van der Waals surface area contributed by atoms with E-state index in [4.69, 9.17) is 9.26 Å². The Labute approximate surface area is 154 Å². The zero-order valence-electron chi connectivity index (χ0n) is 16.2. The third-order valence-electron chi connectivity index (χ3n) is 4.18. The van der Waals surface area contributed by atoms with Crippen molar-refractivity contribution in [3.63, 3.8) is 0 Å². The largest absolute Gasteiger partial charge is 0.444 e. The van der Waals surface area contributed by atoms with Gasteiger partial charge in [0.05, 0.1) is 0 Å². The van der Waals surface area contributed by atoms with Crippen LogP contribution in [0.15, 0.2) is 4.52 Å². The van der Waals surface area contributed by atoms with Gasteiger partial charge in [0.1, 0.15) is 5.60 Å². The van der Waals surface area contributed by atoms with Crippen LogP contribution in [0.1, 0.15) is 65.1 Å². The summed E-state index contributed by atoms with van der Waals surface area (Å²) in [5.74, 6) is 1.43. The number of hydrogen-bond donors (Lipinski definition) is 1. The maximum Gasteiger partial charge on any atom is 0.407 e. The van der Waals surface area contributed by atoms with Crippen LogP contribution in [0.2, 0.25) is 0 Å². The Kier molecular flexibility index (Phi) is 6.99. The zero-order chi connectivity index (χ0) is 19.2. The predicted molar refractivity (Wildman–Crippen MR) is 95.6 cm³/mol. The van der Waals surface area contributed by atoms with Crippen molar-refractivity contribution in [2.75, 3.05) is 13.1 Å². The lowest BCUT2D eigenvalue weighted by Gasteiger charge is -2.33. The summed E-state index contributed by atoms with van der Waals surface area (Å²) in [5.41, 5.74) is -0.503. The standard InChI is InChI=1S/C18H30N4O4/c1-5-14-20-15(26-21-14)7-6-8-16(23)22-11-9-13(10-12-22)19-17(24)25-18(2,3)4/h13H,5-12H2,1-4H3,(H,19,24). The van der Waals surface area contributed by atoms with E-state index in [0.29, 0.717) is 44.1 Å². The average Bonchev–Trinajstić information content (AvgIpc) is 3.01. The third-order valence-corrected chi connectivity index (χ3v) is 4.18. The minimum atomic E-state index is -0.503. The third kappa shape index (κ3) is 6.65. The fraction of sp³-hybridized carbons (Fsp3) is 0.778. The second kappa shape index (κ2) is 9.00. The number of carbonyl (C=O) groups excluding carboxylic acids is 2. The molecule has 0 aromatic carbocycles. The van der Waals surface area contributed by atoms with E-state index in [0.717, 1.165) is 19.3 Å². The van der Waals surface area contributed by atoms with Gasteiger partial charge in [0.15, 0.2) is 5.82 Å². The molecule has 0 spiro atoms. The van der Waals surface area contributed by atoms with Crippen LogP contribution in [0.25, 0.3) is 0 Å². The minimum Gasteiger partial charge on any atom is -0.444 e. The molecule has 0 bridgehead atoms.